The molecular formula is C11H13BrN2O2. The van der Waals surface area contributed by atoms with Crippen LogP contribution in [0.15, 0.2) is 22.8 Å². The molecule has 1 saturated heterocycles. The fourth-order valence-corrected chi connectivity index (χ4v) is 2.07. The van der Waals surface area contributed by atoms with Gasteiger partial charge in [-0.2, -0.15) is 0 Å². The number of hydrogen-bond donors (Lipinski definition) is 0. The highest BCUT2D eigenvalue weighted by atomic mass is 79.9. The standard InChI is InChI=1S/C11H13BrN2O2/c1-8(15)14-5-6-16-10(7-14)9-3-2-4-11(12)13-9/h2-4,10H,5-7H2,1H3/t10-/m0/s1. The van der Waals surface area contributed by atoms with Crippen LogP contribution in [0.2, 0.25) is 0 Å². The smallest absolute Gasteiger partial charge is 0.219 e. The van der Waals surface area contributed by atoms with Crippen molar-refractivity contribution in [2.75, 3.05) is 19.7 Å². The third-order valence-electron chi connectivity index (χ3n) is 2.58. The molecule has 1 amide bonds. The van der Waals surface area contributed by atoms with E-state index in [1.54, 1.807) is 11.8 Å². The normalized spacial score (nSPS) is 20.9. The Hall–Kier alpha value is -0.940. The van der Waals surface area contributed by atoms with Crippen LogP contribution in [0.25, 0.3) is 0 Å². The monoisotopic (exact) mass is 284 g/mol. The second kappa shape index (κ2) is 4.93. The molecule has 1 aliphatic rings. The summed E-state index contributed by atoms with van der Waals surface area (Å²) < 4.78 is 6.41. The van der Waals surface area contributed by atoms with Crippen LogP contribution < -0.4 is 0 Å². The van der Waals surface area contributed by atoms with E-state index in [9.17, 15) is 4.79 Å². The largest absolute Gasteiger partial charge is 0.368 e. The van der Waals surface area contributed by atoms with E-state index in [-0.39, 0.29) is 12.0 Å². The number of hydrogen-bond acceptors (Lipinski definition) is 3. The first-order chi connectivity index (χ1) is 7.66. The van der Waals surface area contributed by atoms with E-state index in [1.165, 1.54) is 0 Å². The lowest BCUT2D eigenvalue weighted by atomic mass is 10.2. The Morgan fingerprint density at radius 1 is 1.62 bits per heavy atom. The van der Waals surface area contributed by atoms with E-state index >= 15 is 0 Å². The molecule has 0 radical (unpaired) electrons. The van der Waals surface area contributed by atoms with Gasteiger partial charge < -0.3 is 9.64 Å². The molecule has 0 aliphatic carbocycles. The molecule has 0 N–H and O–H groups in total. The van der Waals surface area contributed by atoms with E-state index in [1.807, 2.05) is 18.2 Å². The molecule has 0 bridgehead atoms. The Kier molecular flexibility index (Phi) is 3.56. The van der Waals surface area contributed by atoms with Gasteiger partial charge in [-0.3, -0.25) is 4.79 Å². The fraction of sp³-hybridized carbons (Fsp3) is 0.455. The summed E-state index contributed by atoms with van der Waals surface area (Å²) >= 11 is 3.33. The predicted molar refractivity (Wildman–Crippen MR) is 62.9 cm³/mol. The molecule has 86 valence electrons. The third-order valence-corrected chi connectivity index (χ3v) is 3.02. The molecule has 2 rings (SSSR count). The number of rotatable bonds is 1. The minimum atomic E-state index is -0.116. The van der Waals surface area contributed by atoms with Gasteiger partial charge in [0.15, 0.2) is 0 Å². The SMILES string of the molecule is CC(=O)N1CCO[C@H](c2cccc(Br)n2)C1. The van der Waals surface area contributed by atoms with Crippen LogP contribution in [0.5, 0.6) is 0 Å². The Morgan fingerprint density at radius 2 is 2.44 bits per heavy atom. The van der Waals surface area contributed by atoms with Crippen molar-refractivity contribution in [3.8, 4) is 0 Å². The van der Waals surface area contributed by atoms with E-state index in [4.69, 9.17) is 4.74 Å². The van der Waals surface area contributed by atoms with Crippen LogP contribution in [0.3, 0.4) is 0 Å². The highest BCUT2D eigenvalue weighted by Gasteiger charge is 2.24. The van der Waals surface area contributed by atoms with Crippen molar-refractivity contribution in [3.63, 3.8) is 0 Å². The number of ether oxygens (including phenoxy) is 1. The third kappa shape index (κ3) is 2.59. The predicted octanol–water partition coefficient (Wildman–Crippen LogP) is 1.76. The number of halogens is 1. The molecule has 1 aromatic rings. The molecule has 0 aromatic carbocycles. The zero-order valence-electron chi connectivity index (χ0n) is 9.02. The summed E-state index contributed by atoms with van der Waals surface area (Å²) in [5, 5.41) is 0. The molecule has 2 heterocycles. The zero-order valence-corrected chi connectivity index (χ0v) is 10.6. The van der Waals surface area contributed by atoms with E-state index in [0.29, 0.717) is 19.7 Å². The first-order valence-corrected chi connectivity index (χ1v) is 5.95. The van der Waals surface area contributed by atoms with Crippen LogP contribution in [0.1, 0.15) is 18.7 Å². The van der Waals surface area contributed by atoms with E-state index < -0.39 is 0 Å². The Morgan fingerprint density at radius 3 is 3.12 bits per heavy atom. The second-order valence-corrected chi connectivity index (χ2v) is 4.52. The molecule has 1 atom stereocenters. The lowest BCUT2D eigenvalue weighted by Gasteiger charge is -2.31. The topological polar surface area (TPSA) is 42.4 Å². The van der Waals surface area contributed by atoms with Crippen molar-refractivity contribution in [1.29, 1.82) is 0 Å². The molecule has 0 unspecified atom stereocenters. The number of aromatic nitrogens is 1. The van der Waals surface area contributed by atoms with Gasteiger partial charge in [0.2, 0.25) is 5.91 Å². The molecule has 1 aliphatic heterocycles. The van der Waals surface area contributed by atoms with Gasteiger partial charge in [0, 0.05) is 13.5 Å². The lowest BCUT2D eigenvalue weighted by Crippen LogP contribution is -2.41. The van der Waals surface area contributed by atoms with Crippen LogP contribution in [-0.4, -0.2) is 35.5 Å². The van der Waals surface area contributed by atoms with Gasteiger partial charge in [0.1, 0.15) is 10.7 Å². The number of nitrogens with zero attached hydrogens (tertiary/aromatic N) is 2. The summed E-state index contributed by atoms with van der Waals surface area (Å²) in [6, 6.07) is 5.70. The average Bonchev–Trinajstić information content (AvgIpc) is 2.29. The second-order valence-electron chi connectivity index (χ2n) is 3.71. The van der Waals surface area contributed by atoms with Gasteiger partial charge in [-0.1, -0.05) is 6.07 Å². The highest BCUT2D eigenvalue weighted by molar-refractivity contribution is 9.10. The maximum absolute atomic E-state index is 11.3. The Bertz CT molecular complexity index is 397. The van der Waals surface area contributed by atoms with Crippen molar-refractivity contribution in [1.82, 2.24) is 9.88 Å². The van der Waals surface area contributed by atoms with Crippen molar-refractivity contribution in [2.45, 2.75) is 13.0 Å². The van der Waals surface area contributed by atoms with Crippen LogP contribution in [-0.2, 0) is 9.53 Å². The molecule has 5 heteroatoms. The van der Waals surface area contributed by atoms with Crippen LogP contribution >= 0.6 is 15.9 Å². The van der Waals surface area contributed by atoms with Crippen LogP contribution in [0, 0.1) is 0 Å². The van der Waals surface area contributed by atoms with Gasteiger partial charge in [-0.05, 0) is 28.1 Å². The molecule has 4 nitrogen and oxygen atoms in total. The van der Waals surface area contributed by atoms with Gasteiger partial charge in [-0.15, -0.1) is 0 Å². The van der Waals surface area contributed by atoms with E-state index in [2.05, 4.69) is 20.9 Å². The minimum Gasteiger partial charge on any atom is -0.368 e. The summed E-state index contributed by atoms with van der Waals surface area (Å²) in [4.78, 5) is 17.4. The van der Waals surface area contributed by atoms with Crippen molar-refractivity contribution in [2.24, 2.45) is 0 Å². The number of pyridine rings is 1. The average molecular weight is 285 g/mol. The molecule has 1 aromatic heterocycles. The quantitative estimate of drug-likeness (QED) is 0.738. The maximum Gasteiger partial charge on any atom is 0.219 e. The minimum absolute atomic E-state index is 0.0864. The summed E-state index contributed by atoms with van der Waals surface area (Å²) in [5.41, 5.74) is 0.861. The first-order valence-electron chi connectivity index (χ1n) is 5.16. The molecular weight excluding hydrogens is 272 g/mol. The maximum atomic E-state index is 11.3. The van der Waals surface area contributed by atoms with Gasteiger partial charge in [0.05, 0.1) is 18.8 Å². The Balaban J connectivity index is 2.12. The highest BCUT2D eigenvalue weighted by Crippen LogP contribution is 2.21. The molecule has 0 spiro atoms. The van der Waals surface area contributed by atoms with Crippen LogP contribution in [0.4, 0.5) is 0 Å². The lowest BCUT2D eigenvalue weighted by molar-refractivity contribution is -0.136. The first kappa shape index (κ1) is 11.5. The fourth-order valence-electron chi connectivity index (χ4n) is 1.72. The summed E-state index contributed by atoms with van der Waals surface area (Å²) in [5.74, 6) is 0.0864. The number of amides is 1. The van der Waals surface area contributed by atoms with Crippen molar-refractivity contribution in [3.05, 3.63) is 28.5 Å². The summed E-state index contributed by atoms with van der Waals surface area (Å²) in [7, 11) is 0. The van der Waals surface area contributed by atoms with Crippen molar-refractivity contribution < 1.29 is 9.53 Å². The van der Waals surface area contributed by atoms with Gasteiger partial charge >= 0.3 is 0 Å². The molecule has 0 saturated carbocycles. The summed E-state index contributed by atoms with van der Waals surface area (Å²) in [6.07, 6.45) is -0.116. The van der Waals surface area contributed by atoms with Gasteiger partial charge in [-0.25, -0.2) is 4.98 Å². The summed E-state index contributed by atoms with van der Waals surface area (Å²) in [6.45, 7) is 3.40. The van der Waals surface area contributed by atoms with E-state index in [0.717, 1.165) is 10.3 Å². The van der Waals surface area contributed by atoms with Crippen molar-refractivity contribution >= 4 is 21.8 Å². The number of carbonyl (C=O) groups is 1. The number of morpholine rings is 1. The number of carbonyl (C=O) groups excluding carboxylic acids is 1. The Labute approximate surface area is 103 Å². The molecule has 16 heavy (non-hydrogen) atoms. The van der Waals surface area contributed by atoms with Gasteiger partial charge in [0.25, 0.3) is 0 Å². The zero-order chi connectivity index (χ0) is 11.5. The molecule has 1 fully saturated rings.